The predicted octanol–water partition coefficient (Wildman–Crippen LogP) is 1.19. The number of esters is 1. The first-order valence-corrected chi connectivity index (χ1v) is 5.18. The molecule has 88 valence electrons. The average molecular weight is 224 g/mol. The first-order valence-electron chi connectivity index (χ1n) is 5.18. The highest BCUT2D eigenvalue weighted by Crippen LogP contribution is 2.00. The topological polar surface area (TPSA) is 64.4 Å². The zero-order chi connectivity index (χ0) is 11.8. The fraction of sp³-hybridized carbons (Fsp3) is 0.455. The van der Waals surface area contributed by atoms with Crippen LogP contribution in [0, 0.1) is 6.92 Å². The summed E-state index contributed by atoms with van der Waals surface area (Å²) in [6, 6.07) is 1.86. The van der Waals surface area contributed by atoms with Crippen molar-refractivity contribution in [3.63, 3.8) is 0 Å². The summed E-state index contributed by atoms with van der Waals surface area (Å²) in [6.07, 6.45) is 3.11. The monoisotopic (exact) mass is 224 g/mol. The summed E-state index contributed by atoms with van der Waals surface area (Å²) in [5.74, 6) is 0.460. The van der Waals surface area contributed by atoms with Crippen molar-refractivity contribution >= 4 is 5.97 Å². The smallest absolute Gasteiger partial charge is 0.330 e. The molecule has 0 aromatic carbocycles. The summed E-state index contributed by atoms with van der Waals surface area (Å²) >= 11 is 0. The summed E-state index contributed by atoms with van der Waals surface area (Å²) < 4.78 is 9.73. The van der Waals surface area contributed by atoms with Crippen molar-refractivity contribution in [2.24, 2.45) is 0 Å². The Kier molecular flexibility index (Phi) is 5.28. The van der Waals surface area contributed by atoms with E-state index in [9.17, 15) is 4.79 Å². The molecule has 0 aliphatic rings. The third-order valence-electron chi connectivity index (χ3n) is 1.78. The second kappa shape index (κ2) is 6.79. The van der Waals surface area contributed by atoms with Crippen LogP contribution in [0.15, 0.2) is 22.7 Å². The molecule has 0 aliphatic carbocycles. The molecule has 0 aliphatic heterocycles. The van der Waals surface area contributed by atoms with Crippen LogP contribution < -0.4 is 5.32 Å². The fourth-order valence-corrected chi connectivity index (χ4v) is 1.12. The maximum absolute atomic E-state index is 10.9. The van der Waals surface area contributed by atoms with Crippen molar-refractivity contribution in [3.05, 3.63) is 29.7 Å². The zero-order valence-corrected chi connectivity index (χ0v) is 9.53. The minimum Gasteiger partial charge on any atom is -0.463 e. The molecule has 0 spiro atoms. The van der Waals surface area contributed by atoms with Gasteiger partial charge in [0.25, 0.3) is 0 Å². The van der Waals surface area contributed by atoms with Gasteiger partial charge >= 0.3 is 5.97 Å². The Morgan fingerprint density at radius 2 is 2.50 bits per heavy atom. The molecule has 1 aromatic rings. The largest absolute Gasteiger partial charge is 0.463 e. The van der Waals surface area contributed by atoms with Crippen LogP contribution in [0.5, 0.6) is 0 Å². The van der Waals surface area contributed by atoms with E-state index in [1.807, 2.05) is 13.0 Å². The first-order chi connectivity index (χ1) is 7.72. The summed E-state index contributed by atoms with van der Waals surface area (Å²) in [5, 5.41) is 6.85. The Morgan fingerprint density at radius 1 is 1.69 bits per heavy atom. The highest BCUT2D eigenvalue weighted by Gasteiger charge is 1.98. The van der Waals surface area contributed by atoms with Gasteiger partial charge in [0.1, 0.15) is 0 Å². The number of hydrogen-bond acceptors (Lipinski definition) is 5. The summed E-state index contributed by atoms with van der Waals surface area (Å²) in [6.45, 7) is 5.21. The minimum atomic E-state index is -0.320. The second-order valence-corrected chi connectivity index (χ2v) is 3.22. The summed E-state index contributed by atoms with van der Waals surface area (Å²) in [4.78, 5) is 10.9. The van der Waals surface area contributed by atoms with E-state index >= 15 is 0 Å². The van der Waals surface area contributed by atoms with Crippen molar-refractivity contribution in [1.82, 2.24) is 10.5 Å². The molecule has 0 bridgehead atoms. The molecule has 0 saturated carbocycles. The van der Waals surface area contributed by atoms with Crippen molar-refractivity contribution in [3.8, 4) is 0 Å². The SMILES string of the molecule is CCOC(=O)/C=C/CNCc1cc(C)no1. The van der Waals surface area contributed by atoms with Crippen LogP contribution in [0.4, 0.5) is 0 Å². The van der Waals surface area contributed by atoms with E-state index in [2.05, 4.69) is 10.5 Å². The van der Waals surface area contributed by atoms with E-state index in [-0.39, 0.29) is 5.97 Å². The van der Waals surface area contributed by atoms with Gasteiger partial charge in [-0.25, -0.2) is 4.79 Å². The van der Waals surface area contributed by atoms with E-state index < -0.39 is 0 Å². The third kappa shape index (κ3) is 4.75. The van der Waals surface area contributed by atoms with Gasteiger partial charge in [-0.3, -0.25) is 0 Å². The standard InChI is InChI=1S/C11H16N2O3/c1-3-15-11(14)5-4-6-12-8-10-7-9(2)13-16-10/h4-5,7,12H,3,6,8H2,1-2H3/b5-4+. The molecule has 1 rings (SSSR count). The van der Waals surface area contributed by atoms with Gasteiger partial charge in [0.15, 0.2) is 5.76 Å². The number of rotatable bonds is 6. The lowest BCUT2D eigenvalue weighted by Gasteiger charge is -1.97. The summed E-state index contributed by atoms with van der Waals surface area (Å²) in [7, 11) is 0. The number of nitrogens with zero attached hydrogens (tertiary/aromatic N) is 1. The molecule has 16 heavy (non-hydrogen) atoms. The van der Waals surface area contributed by atoms with Crippen molar-refractivity contribution in [2.45, 2.75) is 20.4 Å². The first kappa shape index (κ1) is 12.4. The Bertz CT molecular complexity index is 358. The van der Waals surface area contributed by atoms with Crippen LogP contribution in [0.25, 0.3) is 0 Å². The molecule has 5 heteroatoms. The lowest BCUT2D eigenvalue weighted by atomic mass is 10.4. The molecular formula is C11H16N2O3. The normalized spacial score (nSPS) is 10.9. The van der Waals surface area contributed by atoms with Crippen LogP contribution >= 0.6 is 0 Å². The predicted molar refractivity (Wildman–Crippen MR) is 58.7 cm³/mol. The van der Waals surface area contributed by atoms with E-state index in [1.165, 1.54) is 6.08 Å². The molecule has 1 N–H and O–H groups in total. The van der Waals surface area contributed by atoms with Gasteiger partial charge in [-0.15, -0.1) is 0 Å². The summed E-state index contributed by atoms with van der Waals surface area (Å²) in [5.41, 5.74) is 0.860. The molecule has 0 fully saturated rings. The molecule has 0 atom stereocenters. The maximum Gasteiger partial charge on any atom is 0.330 e. The van der Waals surface area contributed by atoms with Gasteiger partial charge < -0.3 is 14.6 Å². The fourth-order valence-electron chi connectivity index (χ4n) is 1.12. The highest BCUT2D eigenvalue weighted by atomic mass is 16.5. The third-order valence-corrected chi connectivity index (χ3v) is 1.78. The number of carbonyl (C=O) groups is 1. The van der Waals surface area contributed by atoms with Gasteiger partial charge in [0.05, 0.1) is 18.8 Å². The number of aromatic nitrogens is 1. The lowest BCUT2D eigenvalue weighted by molar-refractivity contribution is -0.137. The van der Waals surface area contributed by atoms with E-state index in [4.69, 9.17) is 9.26 Å². The molecule has 1 heterocycles. The number of carbonyl (C=O) groups excluding carboxylic acids is 1. The Hall–Kier alpha value is -1.62. The second-order valence-electron chi connectivity index (χ2n) is 3.22. The van der Waals surface area contributed by atoms with Crippen LogP contribution in [-0.2, 0) is 16.1 Å². The minimum absolute atomic E-state index is 0.320. The van der Waals surface area contributed by atoms with Gasteiger partial charge in [-0.1, -0.05) is 11.2 Å². The van der Waals surface area contributed by atoms with E-state index in [1.54, 1.807) is 13.0 Å². The number of ether oxygens (including phenoxy) is 1. The van der Waals surface area contributed by atoms with Crippen LogP contribution in [0.2, 0.25) is 0 Å². The van der Waals surface area contributed by atoms with Crippen molar-refractivity contribution < 1.29 is 14.1 Å². The zero-order valence-electron chi connectivity index (χ0n) is 9.53. The quantitative estimate of drug-likeness (QED) is 0.446. The van der Waals surface area contributed by atoms with Crippen molar-refractivity contribution in [1.29, 1.82) is 0 Å². The van der Waals surface area contributed by atoms with E-state index in [0.717, 1.165) is 11.5 Å². The average Bonchev–Trinajstić information content (AvgIpc) is 2.64. The Morgan fingerprint density at radius 3 is 3.12 bits per heavy atom. The molecule has 5 nitrogen and oxygen atoms in total. The van der Waals surface area contributed by atoms with E-state index in [0.29, 0.717) is 19.7 Å². The molecule has 0 radical (unpaired) electrons. The Labute approximate surface area is 94.5 Å². The maximum atomic E-state index is 10.9. The molecular weight excluding hydrogens is 208 g/mol. The number of hydrogen-bond donors (Lipinski definition) is 1. The molecule has 1 aromatic heterocycles. The highest BCUT2D eigenvalue weighted by molar-refractivity contribution is 5.81. The molecule has 0 amide bonds. The van der Waals surface area contributed by atoms with Gasteiger partial charge in [0, 0.05) is 18.7 Å². The molecule has 0 unspecified atom stereocenters. The van der Waals surface area contributed by atoms with Crippen LogP contribution in [0.3, 0.4) is 0 Å². The van der Waals surface area contributed by atoms with Gasteiger partial charge in [0.2, 0.25) is 0 Å². The van der Waals surface area contributed by atoms with Crippen LogP contribution in [0.1, 0.15) is 18.4 Å². The number of nitrogens with one attached hydrogen (secondary N) is 1. The van der Waals surface area contributed by atoms with Crippen LogP contribution in [-0.4, -0.2) is 24.3 Å². The Balaban J connectivity index is 2.14. The molecule has 0 saturated heterocycles. The lowest BCUT2D eigenvalue weighted by Crippen LogP contribution is -2.12. The van der Waals surface area contributed by atoms with Gasteiger partial charge in [-0.05, 0) is 13.8 Å². The van der Waals surface area contributed by atoms with Crippen molar-refractivity contribution in [2.75, 3.05) is 13.2 Å². The number of aryl methyl sites for hydroxylation is 1. The van der Waals surface area contributed by atoms with Gasteiger partial charge in [-0.2, -0.15) is 0 Å².